The minimum absolute atomic E-state index is 0.198. The van der Waals surface area contributed by atoms with Crippen LogP contribution in [-0.4, -0.2) is 26.6 Å². The van der Waals surface area contributed by atoms with E-state index in [4.69, 9.17) is 4.74 Å². The molecule has 0 bridgehead atoms. The van der Waals surface area contributed by atoms with Crippen molar-refractivity contribution < 1.29 is 4.74 Å². The van der Waals surface area contributed by atoms with Gasteiger partial charge in [-0.15, -0.1) is 0 Å². The molecule has 6 heteroatoms. The Morgan fingerprint density at radius 1 is 1.08 bits per heavy atom. The van der Waals surface area contributed by atoms with E-state index in [1.807, 2.05) is 48.5 Å². The molecular formula is C19H16N4O2. The molecule has 1 N–H and O–H groups in total. The molecule has 0 amide bonds. The highest BCUT2D eigenvalue weighted by molar-refractivity contribution is 5.78. The van der Waals surface area contributed by atoms with Gasteiger partial charge in [0.05, 0.1) is 24.9 Å². The topological polar surface area (TPSA) is 72.8 Å². The molecule has 4 rings (SSSR count). The van der Waals surface area contributed by atoms with E-state index in [9.17, 15) is 4.79 Å². The van der Waals surface area contributed by atoms with Crippen LogP contribution in [0.1, 0.15) is 5.69 Å². The number of methoxy groups -OCH3 is 1. The second-order valence-corrected chi connectivity index (χ2v) is 5.66. The van der Waals surface area contributed by atoms with Crippen molar-refractivity contribution in [1.29, 1.82) is 0 Å². The highest BCUT2D eigenvalue weighted by Crippen LogP contribution is 2.25. The fourth-order valence-corrected chi connectivity index (χ4v) is 2.80. The fraction of sp³-hybridized carbons (Fsp3) is 0.105. The molecule has 0 saturated carbocycles. The van der Waals surface area contributed by atoms with Gasteiger partial charge in [-0.2, -0.15) is 0 Å². The lowest BCUT2D eigenvalue weighted by Crippen LogP contribution is -2.17. The maximum Gasteiger partial charge on any atom is 0.328 e. The molecule has 0 radical (unpaired) electrons. The third-order valence-electron chi connectivity index (χ3n) is 4.08. The van der Waals surface area contributed by atoms with Crippen LogP contribution in [-0.2, 0) is 6.54 Å². The summed E-state index contributed by atoms with van der Waals surface area (Å²) in [5, 5.41) is 0. The van der Waals surface area contributed by atoms with Crippen molar-refractivity contribution in [3.8, 4) is 16.9 Å². The number of aromatic nitrogens is 4. The molecule has 1 aromatic carbocycles. The standard InChI is InChI=1S/C19H16N4O2/c1-25-16-7-4-5-13(9-16)14-10-17-18(21-11-14)22-19(24)23(17)12-15-6-2-3-8-20-15/h2-11H,12H2,1H3,(H,21,22,24). The average Bonchev–Trinajstić information content (AvgIpc) is 2.97. The Morgan fingerprint density at radius 2 is 2.00 bits per heavy atom. The summed E-state index contributed by atoms with van der Waals surface area (Å²) < 4.78 is 6.93. The SMILES string of the molecule is COc1cccc(-c2cnc3[nH]c(=O)n(Cc4ccccn4)c3c2)c1. The lowest BCUT2D eigenvalue weighted by atomic mass is 10.1. The molecule has 124 valence electrons. The number of benzene rings is 1. The molecule has 6 nitrogen and oxygen atoms in total. The van der Waals surface area contributed by atoms with Gasteiger partial charge < -0.3 is 4.74 Å². The van der Waals surface area contributed by atoms with Crippen molar-refractivity contribution in [2.45, 2.75) is 6.54 Å². The van der Waals surface area contributed by atoms with Crippen LogP contribution in [0.4, 0.5) is 0 Å². The highest BCUT2D eigenvalue weighted by Gasteiger charge is 2.11. The first-order valence-electron chi connectivity index (χ1n) is 7.87. The second-order valence-electron chi connectivity index (χ2n) is 5.66. The largest absolute Gasteiger partial charge is 0.497 e. The van der Waals surface area contributed by atoms with Crippen molar-refractivity contribution in [3.05, 3.63) is 77.1 Å². The maximum atomic E-state index is 12.3. The van der Waals surface area contributed by atoms with E-state index in [0.717, 1.165) is 28.1 Å². The average molecular weight is 332 g/mol. The van der Waals surface area contributed by atoms with Crippen LogP contribution < -0.4 is 10.4 Å². The first kappa shape index (κ1) is 15.1. The van der Waals surface area contributed by atoms with Crippen LogP contribution in [0, 0.1) is 0 Å². The van der Waals surface area contributed by atoms with Crippen LogP contribution >= 0.6 is 0 Å². The van der Waals surface area contributed by atoms with Crippen molar-refractivity contribution in [2.75, 3.05) is 7.11 Å². The zero-order valence-electron chi connectivity index (χ0n) is 13.6. The Hall–Kier alpha value is -3.41. The number of nitrogens with zero attached hydrogens (tertiary/aromatic N) is 3. The summed E-state index contributed by atoms with van der Waals surface area (Å²) in [6, 6.07) is 15.4. The van der Waals surface area contributed by atoms with E-state index >= 15 is 0 Å². The lowest BCUT2D eigenvalue weighted by molar-refractivity contribution is 0.415. The highest BCUT2D eigenvalue weighted by atomic mass is 16.5. The smallest absolute Gasteiger partial charge is 0.328 e. The van der Waals surface area contributed by atoms with Crippen molar-refractivity contribution in [3.63, 3.8) is 0 Å². The summed E-state index contributed by atoms with van der Waals surface area (Å²) in [5.41, 5.74) is 3.82. The van der Waals surface area contributed by atoms with Gasteiger partial charge in [-0.05, 0) is 35.9 Å². The van der Waals surface area contributed by atoms with Gasteiger partial charge in [0.15, 0.2) is 5.65 Å². The fourth-order valence-electron chi connectivity index (χ4n) is 2.80. The van der Waals surface area contributed by atoms with Crippen LogP contribution in [0.5, 0.6) is 5.75 Å². The van der Waals surface area contributed by atoms with Crippen LogP contribution in [0.2, 0.25) is 0 Å². The number of ether oxygens (including phenoxy) is 1. The predicted molar refractivity (Wildman–Crippen MR) is 95.7 cm³/mol. The minimum atomic E-state index is -0.198. The number of aromatic amines is 1. The summed E-state index contributed by atoms with van der Waals surface area (Å²) >= 11 is 0. The Bertz CT molecular complexity index is 1080. The zero-order chi connectivity index (χ0) is 17.2. The van der Waals surface area contributed by atoms with E-state index in [2.05, 4.69) is 15.0 Å². The summed E-state index contributed by atoms with van der Waals surface area (Å²) in [6.45, 7) is 0.392. The Morgan fingerprint density at radius 3 is 2.80 bits per heavy atom. The summed E-state index contributed by atoms with van der Waals surface area (Å²) in [5.74, 6) is 0.776. The van der Waals surface area contributed by atoms with E-state index in [1.165, 1.54) is 0 Å². The maximum absolute atomic E-state index is 12.3. The van der Waals surface area contributed by atoms with Gasteiger partial charge in [0.25, 0.3) is 0 Å². The Kier molecular flexibility index (Phi) is 3.78. The number of hydrogen-bond acceptors (Lipinski definition) is 4. The predicted octanol–water partition coefficient (Wildman–Crippen LogP) is 2.84. The number of imidazole rings is 1. The van der Waals surface area contributed by atoms with Gasteiger partial charge in [-0.1, -0.05) is 18.2 Å². The zero-order valence-corrected chi connectivity index (χ0v) is 13.6. The van der Waals surface area contributed by atoms with Crippen LogP contribution in [0.25, 0.3) is 22.3 Å². The van der Waals surface area contributed by atoms with E-state index in [1.54, 1.807) is 24.1 Å². The van der Waals surface area contributed by atoms with Gasteiger partial charge in [-0.3, -0.25) is 14.5 Å². The van der Waals surface area contributed by atoms with E-state index < -0.39 is 0 Å². The third-order valence-corrected chi connectivity index (χ3v) is 4.08. The quantitative estimate of drug-likeness (QED) is 0.624. The van der Waals surface area contributed by atoms with Crippen LogP contribution in [0.3, 0.4) is 0 Å². The lowest BCUT2D eigenvalue weighted by Gasteiger charge is -2.06. The number of pyridine rings is 2. The van der Waals surface area contributed by atoms with Gasteiger partial charge in [0.1, 0.15) is 5.75 Å². The molecule has 0 fully saturated rings. The molecular weight excluding hydrogens is 316 g/mol. The number of nitrogens with one attached hydrogen (secondary N) is 1. The van der Waals surface area contributed by atoms with Crippen molar-refractivity contribution >= 4 is 11.2 Å². The number of H-pyrrole nitrogens is 1. The molecule has 0 unspecified atom stereocenters. The second kappa shape index (κ2) is 6.24. The molecule has 0 aliphatic rings. The summed E-state index contributed by atoms with van der Waals surface area (Å²) in [6.07, 6.45) is 3.47. The van der Waals surface area contributed by atoms with Gasteiger partial charge in [-0.25, -0.2) is 9.78 Å². The van der Waals surface area contributed by atoms with Crippen molar-refractivity contribution in [1.82, 2.24) is 19.5 Å². The number of rotatable bonds is 4. The first-order chi connectivity index (χ1) is 12.2. The normalized spacial score (nSPS) is 10.9. The molecule has 25 heavy (non-hydrogen) atoms. The number of hydrogen-bond donors (Lipinski definition) is 1. The third kappa shape index (κ3) is 2.89. The molecule has 0 aliphatic carbocycles. The molecule has 0 aliphatic heterocycles. The van der Waals surface area contributed by atoms with Gasteiger partial charge in [0, 0.05) is 18.0 Å². The molecule has 0 spiro atoms. The van der Waals surface area contributed by atoms with Gasteiger partial charge >= 0.3 is 5.69 Å². The van der Waals surface area contributed by atoms with Gasteiger partial charge in [0.2, 0.25) is 0 Å². The van der Waals surface area contributed by atoms with E-state index in [0.29, 0.717) is 12.2 Å². The van der Waals surface area contributed by atoms with Crippen LogP contribution in [0.15, 0.2) is 65.7 Å². The monoisotopic (exact) mass is 332 g/mol. The molecule has 4 aromatic rings. The van der Waals surface area contributed by atoms with Crippen molar-refractivity contribution in [2.24, 2.45) is 0 Å². The Balaban J connectivity index is 1.81. The molecule has 0 saturated heterocycles. The van der Waals surface area contributed by atoms with E-state index in [-0.39, 0.29) is 5.69 Å². The Labute approximate surface area is 143 Å². The summed E-state index contributed by atoms with van der Waals surface area (Å²) in [7, 11) is 1.64. The molecule has 0 atom stereocenters. The molecule has 3 aromatic heterocycles. The minimum Gasteiger partial charge on any atom is -0.497 e. The first-order valence-corrected chi connectivity index (χ1v) is 7.87. The summed E-state index contributed by atoms with van der Waals surface area (Å²) in [4.78, 5) is 23.8. The molecule has 3 heterocycles. The number of fused-ring (bicyclic) bond motifs is 1.